The molecule has 2 amide bonds. The van der Waals surface area contributed by atoms with Crippen molar-refractivity contribution in [2.45, 2.75) is 6.92 Å². The van der Waals surface area contributed by atoms with Gasteiger partial charge in [0.1, 0.15) is 5.82 Å². The predicted octanol–water partition coefficient (Wildman–Crippen LogP) is 3.45. The number of hydrazone groups is 1. The Morgan fingerprint density at radius 3 is 2.39 bits per heavy atom. The van der Waals surface area contributed by atoms with E-state index in [2.05, 4.69) is 15.8 Å². The third-order valence-electron chi connectivity index (χ3n) is 4.33. The van der Waals surface area contributed by atoms with E-state index in [1.54, 1.807) is 30.3 Å². The van der Waals surface area contributed by atoms with Crippen molar-refractivity contribution in [1.29, 1.82) is 0 Å². The van der Waals surface area contributed by atoms with Crippen LogP contribution in [0.5, 0.6) is 11.5 Å². The van der Waals surface area contributed by atoms with Gasteiger partial charge in [0.25, 0.3) is 0 Å². The summed E-state index contributed by atoms with van der Waals surface area (Å²) in [6.45, 7) is 1.87. The van der Waals surface area contributed by atoms with E-state index in [4.69, 9.17) is 9.47 Å². The molecule has 0 aliphatic rings. The minimum absolute atomic E-state index is 0.212. The molecule has 3 rings (SSSR count). The van der Waals surface area contributed by atoms with E-state index in [9.17, 15) is 18.8 Å². The first kappa shape index (κ1) is 23.1. The topological polar surface area (TPSA) is 106 Å². The average Bonchev–Trinajstić information content (AvgIpc) is 2.81. The van der Waals surface area contributed by atoms with Crippen LogP contribution in [0.1, 0.15) is 21.5 Å². The smallest absolute Gasteiger partial charge is 0.343 e. The second kappa shape index (κ2) is 10.7. The number of carbonyl (C=O) groups is 3. The van der Waals surface area contributed by atoms with E-state index in [0.717, 1.165) is 17.7 Å². The molecule has 3 aromatic carbocycles. The van der Waals surface area contributed by atoms with E-state index >= 15 is 0 Å². The highest BCUT2D eigenvalue weighted by molar-refractivity contribution is 6.39. The maximum Gasteiger partial charge on any atom is 0.343 e. The quantitative estimate of drug-likeness (QED) is 0.197. The Morgan fingerprint density at radius 1 is 0.939 bits per heavy atom. The summed E-state index contributed by atoms with van der Waals surface area (Å²) >= 11 is 0. The van der Waals surface area contributed by atoms with Crippen molar-refractivity contribution in [1.82, 2.24) is 5.43 Å². The van der Waals surface area contributed by atoms with Crippen molar-refractivity contribution in [2.24, 2.45) is 5.10 Å². The molecule has 8 nitrogen and oxygen atoms in total. The van der Waals surface area contributed by atoms with E-state index < -0.39 is 23.6 Å². The molecule has 9 heteroatoms. The minimum atomic E-state index is -1.01. The second-order valence-electron chi connectivity index (χ2n) is 6.83. The number of benzene rings is 3. The number of hydrogen-bond donors (Lipinski definition) is 2. The van der Waals surface area contributed by atoms with Crippen LogP contribution in [0.2, 0.25) is 0 Å². The number of nitrogens with one attached hydrogen (secondary N) is 2. The summed E-state index contributed by atoms with van der Waals surface area (Å²) in [6.07, 6.45) is 1.29. The van der Waals surface area contributed by atoms with E-state index in [-0.39, 0.29) is 17.2 Å². The summed E-state index contributed by atoms with van der Waals surface area (Å²) in [5, 5.41) is 6.05. The van der Waals surface area contributed by atoms with Crippen molar-refractivity contribution in [2.75, 3.05) is 12.4 Å². The van der Waals surface area contributed by atoms with Crippen LogP contribution < -0.4 is 20.2 Å². The van der Waals surface area contributed by atoms with Gasteiger partial charge < -0.3 is 14.8 Å². The number of rotatable bonds is 6. The molecule has 0 bridgehead atoms. The second-order valence-corrected chi connectivity index (χ2v) is 6.83. The molecule has 0 spiro atoms. The number of aryl methyl sites for hydroxylation is 1. The Kier molecular flexibility index (Phi) is 7.48. The Labute approximate surface area is 189 Å². The number of halogens is 1. The van der Waals surface area contributed by atoms with Gasteiger partial charge in [0.2, 0.25) is 0 Å². The fourth-order valence-electron chi connectivity index (χ4n) is 2.72. The first-order valence-corrected chi connectivity index (χ1v) is 9.72. The molecule has 0 fully saturated rings. The lowest BCUT2D eigenvalue weighted by Gasteiger charge is -2.10. The van der Waals surface area contributed by atoms with Gasteiger partial charge in [0.15, 0.2) is 11.5 Å². The third kappa shape index (κ3) is 6.47. The highest BCUT2D eigenvalue weighted by atomic mass is 19.1. The summed E-state index contributed by atoms with van der Waals surface area (Å²) in [5.41, 5.74) is 4.21. The number of esters is 1. The van der Waals surface area contributed by atoms with E-state index in [1.807, 2.05) is 13.0 Å². The number of anilines is 1. The number of methoxy groups -OCH3 is 1. The lowest BCUT2D eigenvalue weighted by Crippen LogP contribution is -2.32. The molecule has 0 radical (unpaired) electrons. The lowest BCUT2D eigenvalue weighted by molar-refractivity contribution is -0.136. The van der Waals surface area contributed by atoms with Gasteiger partial charge in [0.05, 0.1) is 18.9 Å². The normalized spacial score (nSPS) is 10.5. The van der Waals surface area contributed by atoms with Crippen molar-refractivity contribution in [3.63, 3.8) is 0 Å². The van der Waals surface area contributed by atoms with Crippen LogP contribution in [-0.2, 0) is 9.59 Å². The van der Waals surface area contributed by atoms with Gasteiger partial charge in [-0.05, 0) is 67.1 Å². The van der Waals surface area contributed by atoms with Crippen molar-refractivity contribution >= 4 is 29.7 Å². The average molecular weight is 449 g/mol. The zero-order valence-electron chi connectivity index (χ0n) is 17.8. The summed E-state index contributed by atoms with van der Waals surface area (Å²) in [5.74, 6) is -2.48. The predicted molar refractivity (Wildman–Crippen MR) is 120 cm³/mol. The number of ether oxygens (including phenoxy) is 2. The number of hydrogen-bond acceptors (Lipinski definition) is 6. The van der Waals surface area contributed by atoms with Crippen LogP contribution in [0.25, 0.3) is 0 Å². The minimum Gasteiger partial charge on any atom is -0.493 e. The standard InChI is InChI=1S/C24H20FN3O5/c1-15-4-3-5-17(12-15)24(31)33-20-11-6-16(13-21(20)32-2)14-26-28-23(30)22(29)27-19-9-7-18(25)8-10-19/h3-14H,1-2H3,(H,27,29)(H,28,30)/b26-14+. The zero-order chi connectivity index (χ0) is 23.8. The molecule has 0 atom stereocenters. The Balaban J connectivity index is 1.60. The zero-order valence-corrected chi connectivity index (χ0v) is 17.8. The highest BCUT2D eigenvalue weighted by Gasteiger charge is 2.14. The molecule has 3 aromatic rings. The number of nitrogens with zero attached hydrogens (tertiary/aromatic N) is 1. The molecule has 0 aliphatic heterocycles. The fraction of sp³-hybridized carbons (Fsp3) is 0.0833. The molecule has 2 N–H and O–H groups in total. The fourth-order valence-corrected chi connectivity index (χ4v) is 2.72. The molecule has 0 unspecified atom stereocenters. The summed E-state index contributed by atoms with van der Waals surface area (Å²) in [7, 11) is 1.42. The summed E-state index contributed by atoms with van der Waals surface area (Å²) < 4.78 is 23.6. The molecular weight excluding hydrogens is 429 g/mol. The van der Waals surface area contributed by atoms with Crippen LogP contribution in [0, 0.1) is 12.7 Å². The van der Waals surface area contributed by atoms with Gasteiger partial charge in [-0.1, -0.05) is 17.7 Å². The molecule has 0 aliphatic carbocycles. The lowest BCUT2D eigenvalue weighted by atomic mass is 10.1. The first-order valence-electron chi connectivity index (χ1n) is 9.72. The van der Waals surface area contributed by atoms with E-state index in [0.29, 0.717) is 11.1 Å². The Hall–Kier alpha value is -4.53. The van der Waals surface area contributed by atoms with Crippen LogP contribution in [0.15, 0.2) is 71.8 Å². The molecule has 0 aromatic heterocycles. The molecule has 0 saturated heterocycles. The molecular formula is C24H20FN3O5. The van der Waals surface area contributed by atoms with Crippen molar-refractivity contribution < 1.29 is 28.2 Å². The largest absolute Gasteiger partial charge is 0.493 e. The molecule has 0 saturated carbocycles. The number of carbonyl (C=O) groups excluding carboxylic acids is 3. The van der Waals surface area contributed by atoms with Crippen LogP contribution in [-0.4, -0.2) is 31.1 Å². The SMILES string of the molecule is COc1cc(/C=N/NC(=O)C(=O)Nc2ccc(F)cc2)ccc1OC(=O)c1cccc(C)c1. The summed E-state index contributed by atoms with van der Waals surface area (Å²) in [6, 6.07) is 16.6. The van der Waals surface area contributed by atoms with Crippen molar-refractivity contribution in [3.05, 3.63) is 89.2 Å². The molecule has 0 heterocycles. The van der Waals surface area contributed by atoms with Gasteiger partial charge in [-0.15, -0.1) is 0 Å². The third-order valence-corrected chi connectivity index (χ3v) is 4.33. The Morgan fingerprint density at radius 2 is 1.70 bits per heavy atom. The van der Waals surface area contributed by atoms with Crippen molar-refractivity contribution in [3.8, 4) is 11.5 Å². The monoisotopic (exact) mass is 449 g/mol. The van der Waals surface area contributed by atoms with Gasteiger partial charge in [0, 0.05) is 5.69 Å². The first-order chi connectivity index (χ1) is 15.9. The highest BCUT2D eigenvalue weighted by Crippen LogP contribution is 2.28. The maximum absolute atomic E-state index is 12.9. The Bertz CT molecular complexity index is 1210. The van der Waals surface area contributed by atoms with Crippen LogP contribution in [0.4, 0.5) is 10.1 Å². The molecule has 168 valence electrons. The van der Waals surface area contributed by atoms with Crippen LogP contribution in [0.3, 0.4) is 0 Å². The summed E-state index contributed by atoms with van der Waals surface area (Å²) in [4.78, 5) is 36.1. The van der Waals surface area contributed by atoms with Gasteiger partial charge in [-0.3, -0.25) is 9.59 Å². The van der Waals surface area contributed by atoms with Gasteiger partial charge in [-0.2, -0.15) is 5.10 Å². The maximum atomic E-state index is 12.9. The molecule has 33 heavy (non-hydrogen) atoms. The van der Waals surface area contributed by atoms with E-state index in [1.165, 1.54) is 31.5 Å². The number of amides is 2. The van der Waals surface area contributed by atoms with Gasteiger partial charge in [-0.25, -0.2) is 14.6 Å². The van der Waals surface area contributed by atoms with Gasteiger partial charge >= 0.3 is 17.8 Å². The van der Waals surface area contributed by atoms with Crippen LogP contribution >= 0.6 is 0 Å².